The fourth-order valence-electron chi connectivity index (χ4n) is 3.89. The molecule has 3 heterocycles. The first kappa shape index (κ1) is 17.0. The van der Waals surface area contributed by atoms with E-state index >= 15 is 0 Å². The minimum Gasteiger partial charge on any atom is -0.497 e. The van der Waals surface area contributed by atoms with Gasteiger partial charge in [-0.25, -0.2) is 9.97 Å². The molecule has 28 heavy (non-hydrogen) atoms. The first-order valence-electron chi connectivity index (χ1n) is 9.57. The molecule has 5 nitrogen and oxygen atoms in total. The van der Waals surface area contributed by atoms with Crippen LogP contribution in [-0.2, 0) is 19.5 Å². The molecule has 4 aromatic rings. The molecule has 2 aromatic heterocycles. The molecule has 5 rings (SSSR count). The van der Waals surface area contributed by atoms with E-state index < -0.39 is 0 Å². The van der Waals surface area contributed by atoms with E-state index in [9.17, 15) is 0 Å². The molecule has 0 amide bonds. The van der Waals surface area contributed by atoms with Crippen molar-refractivity contribution >= 4 is 10.9 Å². The minimum absolute atomic E-state index is 0.816. The van der Waals surface area contributed by atoms with E-state index in [1.165, 1.54) is 22.2 Å². The number of rotatable bonds is 4. The Balaban J connectivity index is 1.36. The molecule has 2 aromatic carbocycles. The van der Waals surface area contributed by atoms with Crippen LogP contribution >= 0.6 is 0 Å². The smallest absolute Gasteiger partial charge is 0.159 e. The summed E-state index contributed by atoms with van der Waals surface area (Å²) >= 11 is 0. The molecule has 0 unspecified atom stereocenters. The highest BCUT2D eigenvalue weighted by molar-refractivity contribution is 5.84. The minimum atomic E-state index is 0.816. The Bertz CT molecular complexity index is 1120. The molecule has 140 valence electrons. The van der Waals surface area contributed by atoms with E-state index in [1.807, 2.05) is 30.5 Å². The van der Waals surface area contributed by atoms with Crippen LogP contribution in [0.15, 0.2) is 60.9 Å². The highest BCUT2D eigenvalue weighted by Gasteiger charge is 2.20. The van der Waals surface area contributed by atoms with Gasteiger partial charge >= 0.3 is 0 Å². The van der Waals surface area contributed by atoms with Crippen LogP contribution in [0.4, 0.5) is 0 Å². The lowest BCUT2D eigenvalue weighted by Crippen LogP contribution is -2.30. The number of H-pyrrole nitrogens is 1. The summed E-state index contributed by atoms with van der Waals surface area (Å²) in [6, 6.07) is 16.3. The number of methoxy groups -OCH3 is 1. The van der Waals surface area contributed by atoms with Gasteiger partial charge in [-0.2, -0.15) is 0 Å². The predicted octanol–water partition coefficient (Wildman–Crippen LogP) is 4.19. The molecular formula is C23H22N4O. The lowest BCUT2D eigenvalue weighted by atomic mass is 10.1. The van der Waals surface area contributed by atoms with Gasteiger partial charge in [-0.15, -0.1) is 0 Å². The molecule has 1 aliphatic heterocycles. The lowest BCUT2D eigenvalue weighted by Gasteiger charge is -2.28. The van der Waals surface area contributed by atoms with Crippen LogP contribution in [0, 0.1) is 0 Å². The second-order valence-electron chi connectivity index (χ2n) is 7.22. The highest BCUT2D eigenvalue weighted by Crippen LogP contribution is 2.27. The van der Waals surface area contributed by atoms with Gasteiger partial charge in [0.25, 0.3) is 0 Å². The molecule has 0 atom stereocenters. The lowest BCUT2D eigenvalue weighted by molar-refractivity contribution is 0.244. The van der Waals surface area contributed by atoms with Crippen molar-refractivity contribution in [3.8, 4) is 17.1 Å². The van der Waals surface area contributed by atoms with Crippen molar-refractivity contribution in [2.45, 2.75) is 19.5 Å². The van der Waals surface area contributed by atoms with Crippen molar-refractivity contribution in [1.82, 2.24) is 19.9 Å². The van der Waals surface area contributed by atoms with E-state index in [-0.39, 0.29) is 0 Å². The van der Waals surface area contributed by atoms with Crippen molar-refractivity contribution in [1.29, 1.82) is 0 Å². The molecule has 0 bridgehead atoms. The van der Waals surface area contributed by atoms with Gasteiger partial charge in [0, 0.05) is 60.5 Å². The van der Waals surface area contributed by atoms with Crippen LogP contribution in [0.2, 0.25) is 0 Å². The quantitative estimate of drug-likeness (QED) is 0.585. The van der Waals surface area contributed by atoms with Gasteiger partial charge in [0.1, 0.15) is 5.75 Å². The summed E-state index contributed by atoms with van der Waals surface area (Å²) in [6.45, 7) is 2.77. The number of hydrogen-bond donors (Lipinski definition) is 1. The molecule has 0 fully saturated rings. The fraction of sp³-hybridized carbons (Fsp3) is 0.217. The van der Waals surface area contributed by atoms with Gasteiger partial charge in [0.15, 0.2) is 5.82 Å². The maximum Gasteiger partial charge on any atom is 0.159 e. The topological polar surface area (TPSA) is 54.0 Å². The number of ether oxygens (including phenoxy) is 1. The van der Waals surface area contributed by atoms with Gasteiger partial charge in [-0.1, -0.05) is 30.3 Å². The molecule has 0 radical (unpaired) electrons. The van der Waals surface area contributed by atoms with Crippen molar-refractivity contribution in [2.24, 2.45) is 0 Å². The SMILES string of the molecule is COc1ccc2[nH]cc(CN3CCc4nc(-c5ccccc5)ncc4C3)c2c1. The highest BCUT2D eigenvalue weighted by atomic mass is 16.5. The number of aromatic amines is 1. The van der Waals surface area contributed by atoms with E-state index in [0.717, 1.165) is 48.7 Å². The van der Waals surface area contributed by atoms with Gasteiger partial charge in [-0.05, 0) is 23.8 Å². The molecule has 1 aliphatic rings. The Morgan fingerprint density at radius 1 is 1.14 bits per heavy atom. The zero-order chi connectivity index (χ0) is 18.9. The standard InChI is InChI=1S/C23H22N4O/c1-28-19-7-8-22-20(11-19)17(12-24-22)14-27-10-9-21-18(15-27)13-25-23(26-21)16-5-3-2-4-6-16/h2-8,11-13,24H,9-10,14-15H2,1H3. The Hall–Kier alpha value is -3.18. The summed E-state index contributed by atoms with van der Waals surface area (Å²) in [5.74, 6) is 1.70. The van der Waals surface area contributed by atoms with E-state index in [2.05, 4.69) is 45.3 Å². The molecule has 0 saturated heterocycles. The predicted molar refractivity (Wildman–Crippen MR) is 110 cm³/mol. The first-order chi connectivity index (χ1) is 13.8. The zero-order valence-corrected chi connectivity index (χ0v) is 15.9. The summed E-state index contributed by atoms with van der Waals surface area (Å²) in [7, 11) is 1.71. The summed E-state index contributed by atoms with van der Waals surface area (Å²) in [4.78, 5) is 15.3. The van der Waals surface area contributed by atoms with Crippen LogP contribution in [0.5, 0.6) is 5.75 Å². The van der Waals surface area contributed by atoms with Crippen LogP contribution < -0.4 is 4.74 Å². The largest absolute Gasteiger partial charge is 0.497 e. The van der Waals surface area contributed by atoms with E-state index in [1.54, 1.807) is 7.11 Å². The van der Waals surface area contributed by atoms with Crippen molar-refractivity contribution in [3.63, 3.8) is 0 Å². The van der Waals surface area contributed by atoms with Gasteiger partial charge < -0.3 is 9.72 Å². The summed E-state index contributed by atoms with van der Waals surface area (Å²) in [5, 5.41) is 1.22. The van der Waals surface area contributed by atoms with Gasteiger partial charge in [0.05, 0.1) is 12.8 Å². The molecule has 0 aliphatic carbocycles. The molecular weight excluding hydrogens is 348 g/mol. The van der Waals surface area contributed by atoms with Crippen LogP contribution in [-0.4, -0.2) is 33.5 Å². The summed E-state index contributed by atoms with van der Waals surface area (Å²) in [5.41, 5.74) is 5.90. The number of nitrogens with one attached hydrogen (secondary N) is 1. The third-order valence-electron chi connectivity index (χ3n) is 5.41. The number of nitrogens with zero attached hydrogens (tertiary/aromatic N) is 3. The Morgan fingerprint density at radius 2 is 2.04 bits per heavy atom. The Labute approximate surface area is 164 Å². The van der Waals surface area contributed by atoms with Gasteiger partial charge in [0.2, 0.25) is 0 Å². The van der Waals surface area contributed by atoms with Crippen molar-refractivity contribution in [2.75, 3.05) is 13.7 Å². The number of hydrogen-bond acceptors (Lipinski definition) is 4. The number of aromatic nitrogens is 3. The van der Waals surface area contributed by atoms with E-state index in [4.69, 9.17) is 9.72 Å². The van der Waals surface area contributed by atoms with Crippen molar-refractivity contribution < 1.29 is 4.74 Å². The normalized spacial score (nSPS) is 14.2. The van der Waals surface area contributed by atoms with Crippen LogP contribution in [0.3, 0.4) is 0 Å². The van der Waals surface area contributed by atoms with Gasteiger partial charge in [-0.3, -0.25) is 4.90 Å². The van der Waals surface area contributed by atoms with Crippen LogP contribution in [0.25, 0.3) is 22.3 Å². The summed E-state index contributed by atoms with van der Waals surface area (Å²) < 4.78 is 5.39. The third kappa shape index (κ3) is 3.14. The number of fused-ring (bicyclic) bond motifs is 2. The second-order valence-corrected chi connectivity index (χ2v) is 7.22. The monoisotopic (exact) mass is 370 g/mol. The third-order valence-corrected chi connectivity index (χ3v) is 5.41. The van der Waals surface area contributed by atoms with Crippen LogP contribution in [0.1, 0.15) is 16.8 Å². The summed E-state index contributed by atoms with van der Waals surface area (Å²) in [6.07, 6.45) is 5.05. The molecule has 5 heteroatoms. The fourth-order valence-corrected chi connectivity index (χ4v) is 3.89. The Kier molecular flexibility index (Phi) is 4.29. The second kappa shape index (κ2) is 7.09. The molecule has 0 spiro atoms. The number of benzene rings is 2. The zero-order valence-electron chi connectivity index (χ0n) is 15.9. The maximum atomic E-state index is 5.39. The Morgan fingerprint density at radius 3 is 2.89 bits per heavy atom. The average molecular weight is 370 g/mol. The van der Waals surface area contributed by atoms with Crippen molar-refractivity contribution in [3.05, 3.63) is 77.7 Å². The molecule has 1 N–H and O–H groups in total. The first-order valence-corrected chi connectivity index (χ1v) is 9.57. The maximum absolute atomic E-state index is 5.39. The molecule has 0 saturated carbocycles. The average Bonchev–Trinajstić information content (AvgIpc) is 3.16. The van der Waals surface area contributed by atoms with E-state index in [0.29, 0.717) is 0 Å².